The predicted octanol–water partition coefficient (Wildman–Crippen LogP) is 1.37. The molecule has 0 bridgehead atoms. The first kappa shape index (κ1) is 13.5. The standard InChI is InChI=1S/C12H16N4O2S/c1-7(12(13)19)6-16-9-5-11(18-3)10(17-2)4-8(9)14-15-16/h4-5,7H,6H2,1-3H3,(H2,13,19). The number of nitrogens with zero attached hydrogens (tertiary/aromatic N) is 3. The number of aromatic nitrogens is 3. The lowest BCUT2D eigenvalue weighted by Gasteiger charge is -2.11. The topological polar surface area (TPSA) is 75.2 Å². The molecule has 1 unspecified atom stereocenters. The molecule has 0 radical (unpaired) electrons. The van der Waals surface area contributed by atoms with E-state index in [4.69, 9.17) is 27.4 Å². The predicted molar refractivity (Wildman–Crippen MR) is 76.6 cm³/mol. The second kappa shape index (κ2) is 5.40. The van der Waals surface area contributed by atoms with Crippen molar-refractivity contribution in [3.05, 3.63) is 12.1 Å². The van der Waals surface area contributed by atoms with Crippen LogP contribution in [0.15, 0.2) is 12.1 Å². The summed E-state index contributed by atoms with van der Waals surface area (Å²) in [7, 11) is 3.18. The van der Waals surface area contributed by atoms with Crippen LogP contribution in [0.25, 0.3) is 11.0 Å². The minimum absolute atomic E-state index is 0.0491. The molecule has 0 spiro atoms. The number of rotatable bonds is 5. The number of hydrogen-bond donors (Lipinski definition) is 1. The molecule has 6 nitrogen and oxygen atoms in total. The van der Waals surface area contributed by atoms with Crippen molar-refractivity contribution in [1.29, 1.82) is 0 Å². The maximum Gasteiger partial charge on any atom is 0.163 e. The van der Waals surface area contributed by atoms with Gasteiger partial charge in [0.25, 0.3) is 0 Å². The molecule has 0 aliphatic carbocycles. The van der Waals surface area contributed by atoms with E-state index in [1.165, 1.54) is 0 Å². The first-order chi connectivity index (χ1) is 9.06. The maximum absolute atomic E-state index is 5.62. The summed E-state index contributed by atoms with van der Waals surface area (Å²) in [6, 6.07) is 3.64. The van der Waals surface area contributed by atoms with Crippen LogP contribution in [0.2, 0.25) is 0 Å². The molecule has 1 aromatic carbocycles. The first-order valence-electron chi connectivity index (χ1n) is 5.81. The van der Waals surface area contributed by atoms with E-state index in [0.717, 1.165) is 11.0 Å². The highest BCUT2D eigenvalue weighted by Crippen LogP contribution is 2.31. The van der Waals surface area contributed by atoms with Crippen LogP contribution >= 0.6 is 12.2 Å². The third kappa shape index (κ3) is 2.60. The molecule has 2 rings (SSSR count). The first-order valence-corrected chi connectivity index (χ1v) is 6.22. The van der Waals surface area contributed by atoms with Gasteiger partial charge in [0.2, 0.25) is 0 Å². The summed E-state index contributed by atoms with van der Waals surface area (Å²) >= 11 is 4.97. The Bertz CT molecular complexity index is 611. The number of fused-ring (bicyclic) bond motifs is 1. The van der Waals surface area contributed by atoms with E-state index in [1.54, 1.807) is 25.0 Å². The van der Waals surface area contributed by atoms with Gasteiger partial charge in [0.1, 0.15) is 5.52 Å². The molecular formula is C12H16N4O2S. The van der Waals surface area contributed by atoms with Crippen LogP contribution < -0.4 is 15.2 Å². The van der Waals surface area contributed by atoms with Crippen molar-refractivity contribution < 1.29 is 9.47 Å². The van der Waals surface area contributed by atoms with Crippen LogP contribution in [-0.2, 0) is 6.54 Å². The van der Waals surface area contributed by atoms with Crippen LogP contribution in [-0.4, -0.2) is 34.2 Å². The van der Waals surface area contributed by atoms with Crippen LogP contribution in [0.4, 0.5) is 0 Å². The molecule has 0 saturated carbocycles. The Balaban J connectivity index is 2.44. The van der Waals surface area contributed by atoms with Crippen molar-refractivity contribution in [2.45, 2.75) is 13.5 Å². The van der Waals surface area contributed by atoms with E-state index < -0.39 is 0 Å². The number of ether oxygens (including phenoxy) is 2. The van der Waals surface area contributed by atoms with Gasteiger partial charge in [-0.2, -0.15) is 0 Å². The largest absolute Gasteiger partial charge is 0.493 e. The zero-order valence-electron chi connectivity index (χ0n) is 11.1. The SMILES string of the molecule is COc1cc2nnn(CC(C)C(N)=S)c2cc1OC. The van der Waals surface area contributed by atoms with E-state index in [1.807, 2.05) is 13.0 Å². The number of nitrogens with two attached hydrogens (primary N) is 1. The van der Waals surface area contributed by atoms with Crippen molar-refractivity contribution >= 4 is 28.2 Å². The van der Waals surface area contributed by atoms with Gasteiger partial charge in [0, 0.05) is 18.1 Å². The molecule has 2 aromatic rings. The molecule has 102 valence electrons. The normalized spacial score (nSPS) is 12.4. The Morgan fingerprint density at radius 1 is 1.37 bits per heavy atom. The van der Waals surface area contributed by atoms with Gasteiger partial charge in [0.15, 0.2) is 11.5 Å². The van der Waals surface area contributed by atoms with Crippen LogP contribution in [0.1, 0.15) is 6.92 Å². The van der Waals surface area contributed by atoms with Crippen molar-refractivity contribution in [2.75, 3.05) is 14.2 Å². The van der Waals surface area contributed by atoms with Crippen LogP contribution in [0.3, 0.4) is 0 Å². The molecule has 1 heterocycles. The second-order valence-corrected chi connectivity index (χ2v) is 4.74. The summed E-state index contributed by atoms with van der Waals surface area (Å²) in [4.78, 5) is 0.462. The molecule has 2 N–H and O–H groups in total. The van der Waals surface area contributed by atoms with Crippen molar-refractivity contribution in [3.63, 3.8) is 0 Å². The summed E-state index contributed by atoms with van der Waals surface area (Å²) in [5.41, 5.74) is 7.23. The van der Waals surface area contributed by atoms with Gasteiger partial charge in [-0.25, -0.2) is 4.68 Å². The average Bonchev–Trinajstić information content (AvgIpc) is 2.79. The van der Waals surface area contributed by atoms with Gasteiger partial charge in [0.05, 0.1) is 31.3 Å². The molecule has 1 aromatic heterocycles. The molecule has 7 heteroatoms. The van der Waals surface area contributed by atoms with Gasteiger partial charge in [-0.15, -0.1) is 5.10 Å². The van der Waals surface area contributed by atoms with E-state index in [-0.39, 0.29) is 5.92 Å². The van der Waals surface area contributed by atoms with E-state index in [9.17, 15) is 0 Å². The summed E-state index contributed by atoms with van der Waals surface area (Å²) in [6.07, 6.45) is 0. The molecule has 0 amide bonds. The molecule has 0 fully saturated rings. The molecule has 0 aliphatic heterocycles. The quantitative estimate of drug-likeness (QED) is 0.834. The van der Waals surface area contributed by atoms with Crippen molar-refractivity contribution in [3.8, 4) is 11.5 Å². The molecule has 1 atom stereocenters. The minimum atomic E-state index is 0.0491. The van der Waals surface area contributed by atoms with E-state index in [2.05, 4.69) is 10.3 Å². The number of hydrogen-bond acceptors (Lipinski definition) is 5. The third-order valence-corrected chi connectivity index (χ3v) is 3.35. The van der Waals surface area contributed by atoms with E-state index in [0.29, 0.717) is 23.0 Å². The number of benzene rings is 1. The highest BCUT2D eigenvalue weighted by molar-refractivity contribution is 7.80. The lowest BCUT2D eigenvalue weighted by atomic mass is 10.2. The highest BCUT2D eigenvalue weighted by atomic mass is 32.1. The van der Waals surface area contributed by atoms with Gasteiger partial charge in [-0.05, 0) is 0 Å². The lowest BCUT2D eigenvalue weighted by molar-refractivity contribution is 0.355. The molecule has 0 saturated heterocycles. The third-order valence-electron chi connectivity index (χ3n) is 2.95. The second-order valence-electron chi connectivity index (χ2n) is 4.27. The van der Waals surface area contributed by atoms with Gasteiger partial charge in [-0.1, -0.05) is 24.4 Å². The van der Waals surface area contributed by atoms with Gasteiger partial charge >= 0.3 is 0 Å². The van der Waals surface area contributed by atoms with Crippen LogP contribution in [0, 0.1) is 5.92 Å². The van der Waals surface area contributed by atoms with Gasteiger partial charge < -0.3 is 15.2 Å². The smallest absolute Gasteiger partial charge is 0.163 e. The fourth-order valence-corrected chi connectivity index (χ4v) is 1.85. The molecule has 19 heavy (non-hydrogen) atoms. The maximum atomic E-state index is 5.62. The average molecular weight is 280 g/mol. The Morgan fingerprint density at radius 3 is 2.58 bits per heavy atom. The molecule has 0 aliphatic rings. The number of methoxy groups -OCH3 is 2. The highest BCUT2D eigenvalue weighted by Gasteiger charge is 2.14. The van der Waals surface area contributed by atoms with Crippen LogP contribution in [0.5, 0.6) is 11.5 Å². The number of thiocarbonyl (C=S) groups is 1. The summed E-state index contributed by atoms with van der Waals surface area (Å²) in [5.74, 6) is 1.32. The fourth-order valence-electron chi connectivity index (χ4n) is 1.78. The Labute approximate surface area is 116 Å². The lowest BCUT2D eigenvalue weighted by Crippen LogP contribution is -2.23. The Kier molecular flexibility index (Phi) is 3.84. The zero-order valence-corrected chi connectivity index (χ0v) is 11.9. The Morgan fingerprint density at radius 2 is 2.00 bits per heavy atom. The monoisotopic (exact) mass is 280 g/mol. The summed E-state index contributed by atoms with van der Waals surface area (Å²) < 4.78 is 12.3. The summed E-state index contributed by atoms with van der Waals surface area (Å²) in [5, 5.41) is 8.22. The Hall–Kier alpha value is -1.89. The zero-order chi connectivity index (χ0) is 14.0. The molecular weight excluding hydrogens is 264 g/mol. The van der Waals surface area contributed by atoms with E-state index >= 15 is 0 Å². The van der Waals surface area contributed by atoms with Crippen molar-refractivity contribution in [2.24, 2.45) is 11.7 Å². The summed E-state index contributed by atoms with van der Waals surface area (Å²) in [6.45, 7) is 2.54. The fraction of sp³-hybridized carbons (Fsp3) is 0.417. The van der Waals surface area contributed by atoms with Crippen molar-refractivity contribution in [1.82, 2.24) is 15.0 Å². The van der Waals surface area contributed by atoms with Gasteiger partial charge in [-0.3, -0.25) is 0 Å². The minimum Gasteiger partial charge on any atom is -0.493 e.